The lowest BCUT2D eigenvalue weighted by Crippen LogP contribution is -2.46. The summed E-state index contributed by atoms with van der Waals surface area (Å²) in [6, 6.07) is 5.12. The number of phenolic OH excluding ortho intramolecular Hbond substituents is 1. The Bertz CT molecular complexity index is 545. The number of carbonyl (C=O) groups is 1. The molecule has 114 valence electrons. The number of nitrogens with two attached hydrogens (primary N) is 1. The molecule has 1 aliphatic heterocycles. The predicted molar refractivity (Wildman–Crippen MR) is 94.5 cm³/mol. The molecule has 0 bridgehead atoms. The van der Waals surface area contributed by atoms with Gasteiger partial charge < -0.3 is 16.2 Å². The third kappa shape index (κ3) is 4.79. The standard InChI is InChI=1S/C14H18IN3O2S/c15-9-1-2-12(19)11(7-9)14(20)17-10-3-5-18(6-4-10)8-13(16)21/h1-2,7,10,19H,3-6,8H2,(H2,16,21)(H,17,20). The van der Waals surface area contributed by atoms with Gasteiger partial charge in [-0.1, -0.05) is 12.2 Å². The highest BCUT2D eigenvalue weighted by Gasteiger charge is 2.22. The van der Waals surface area contributed by atoms with Crippen molar-refractivity contribution >= 4 is 45.7 Å². The Kier molecular flexibility index (Phi) is 5.77. The van der Waals surface area contributed by atoms with Crippen LogP contribution in [-0.4, -0.2) is 46.6 Å². The van der Waals surface area contributed by atoms with E-state index in [1.807, 2.05) is 0 Å². The number of thiocarbonyl (C=S) groups is 1. The van der Waals surface area contributed by atoms with Crippen molar-refractivity contribution in [3.8, 4) is 5.75 Å². The monoisotopic (exact) mass is 419 g/mol. The summed E-state index contributed by atoms with van der Waals surface area (Å²) in [5.41, 5.74) is 5.86. The highest BCUT2D eigenvalue weighted by atomic mass is 127. The van der Waals surface area contributed by atoms with Crippen molar-refractivity contribution in [2.75, 3.05) is 19.6 Å². The van der Waals surface area contributed by atoms with Crippen LogP contribution in [0.5, 0.6) is 5.75 Å². The van der Waals surface area contributed by atoms with E-state index in [2.05, 4.69) is 32.8 Å². The van der Waals surface area contributed by atoms with E-state index in [9.17, 15) is 9.90 Å². The molecular formula is C14H18IN3O2S. The second kappa shape index (κ2) is 7.37. The number of hydrogen-bond donors (Lipinski definition) is 3. The molecule has 21 heavy (non-hydrogen) atoms. The number of nitrogens with zero attached hydrogens (tertiary/aromatic N) is 1. The Labute approximate surface area is 143 Å². The molecule has 4 N–H and O–H groups in total. The molecule has 1 aliphatic rings. The van der Waals surface area contributed by atoms with Gasteiger partial charge in [-0.05, 0) is 53.6 Å². The largest absolute Gasteiger partial charge is 0.507 e. The number of benzene rings is 1. The summed E-state index contributed by atoms with van der Waals surface area (Å²) in [6.45, 7) is 2.36. The second-order valence-corrected chi connectivity index (χ2v) is 6.92. The van der Waals surface area contributed by atoms with Crippen molar-refractivity contribution in [2.24, 2.45) is 5.73 Å². The van der Waals surface area contributed by atoms with Crippen molar-refractivity contribution in [1.29, 1.82) is 0 Å². The maximum absolute atomic E-state index is 12.2. The van der Waals surface area contributed by atoms with Crippen molar-refractivity contribution in [3.05, 3.63) is 27.3 Å². The van der Waals surface area contributed by atoms with E-state index in [1.54, 1.807) is 18.2 Å². The van der Waals surface area contributed by atoms with Crippen LogP contribution in [0.15, 0.2) is 18.2 Å². The number of likely N-dealkylation sites (tertiary alicyclic amines) is 1. The van der Waals surface area contributed by atoms with Crippen LogP contribution in [0.2, 0.25) is 0 Å². The lowest BCUT2D eigenvalue weighted by molar-refractivity contribution is 0.0912. The van der Waals surface area contributed by atoms with Gasteiger partial charge in [-0.15, -0.1) is 0 Å². The van der Waals surface area contributed by atoms with Crippen LogP contribution < -0.4 is 11.1 Å². The fraction of sp³-hybridized carbons (Fsp3) is 0.429. The fourth-order valence-electron chi connectivity index (χ4n) is 2.41. The molecule has 1 amide bonds. The Hall–Kier alpha value is -0.930. The minimum Gasteiger partial charge on any atom is -0.507 e. The highest BCUT2D eigenvalue weighted by molar-refractivity contribution is 14.1. The van der Waals surface area contributed by atoms with E-state index in [0.29, 0.717) is 17.1 Å². The van der Waals surface area contributed by atoms with Crippen LogP contribution in [0.4, 0.5) is 0 Å². The number of piperidine rings is 1. The molecule has 2 rings (SSSR count). The van der Waals surface area contributed by atoms with E-state index < -0.39 is 0 Å². The molecule has 1 aromatic carbocycles. The molecule has 7 heteroatoms. The predicted octanol–water partition coefficient (Wildman–Crippen LogP) is 1.48. The third-order valence-corrected chi connectivity index (χ3v) is 4.31. The topological polar surface area (TPSA) is 78.6 Å². The average molecular weight is 419 g/mol. The number of hydrogen-bond acceptors (Lipinski definition) is 4. The van der Waals surface area contributed by atoms with Gasteiger partial charge in [0.25, 0.3) is 5.91 Å². The average Bonchev–Trinajstić information content (AvgIpc) is 2.43. The van der Waals surface area contributed by atoms with Gasteiger partial charge in [-0.25, -0.2) is 0 Å². The first-order valence-electron chi connectivity index (χ1n) is 6.75. The SMILES string of the molecule is NC(=S)CN1CCC(NC(=O)c2cc(I)ccc2O)CC1. The van der Waals surface area contributed by atoms with E-state index >= 15 is 0 Å². The normalized spacial score (nSPS) is 16.6. The minimum absolute atomic E-state index is 0.0128. The van der Waals surface area contributed by atoms with Gasteiger partial charge in [0.05, 0.1) is 10.6 Å². The van der Waals surface area contributed by atoms with E-state index in [-0.39, 0.29) is 17.7 Å². The lowest BCUT2D eigenvalue weighted by Gasteiger charge is -2.32. The number of carbonyl (C=O) groups excluding carboxylic acids is 1. The van der Waals surface area contributed by atoms with Crippen LogP contribution in [0.3, 0.4) is 0 Å². The van der Waals surface area contributed by atoms with E-state index in [4.69, 9.17) is 18.0 Å². The molecule has 1 heterocycles. The molecule has 0 saturated carbocycles. The van der Waals surface area contributed by atoms with Gasteiger partial charge in [0.15, 0.2) is 0 Å². The van der Waals surface area contributed by atoms with E-state index in [1.165, 1.54) is 0 Å². The summed E-state index contributed by atoms with van der Waals surface area (Å²) in [4.78, 5) is 14.9. The molecule has 5 nitrogen and oxygen atoms in total. The molecule has 0 aromatic heterocycles. The molecule has 0 spiro atoms. The van der Waals surface area contributed by atoms with Crippen molar-refractivity contribution in [1.82, 2.24) is 10.2 Å². The quantitative estimate of drug-likeness (QED) is 0.509. The zero-order chi connectivity index (χ0) is 15.4. The molecular weight excluding hydrogens is 401 g/mol. The number of aromatic hydroxyl groups is 1. The molecule has 0 radical (unpaired) electrons. The first-order valence-corrected chi connectivity index (χ1v) is 8.24. The van der Waals surface area contributed by atoms with Crippen LogP contribution in [0.25, 0.3) is 0 Å². The van der Waals surface area contributed by atoms with Gasteiger partial charge in [-0.3, -0.25) is 9.69 Å². The number of amides is 1. The van der Waals surface area contributed by atoms with Crippen molar-refractivity contribution in [3.63, 3.8) is 0 Å². The maximum atomic E-state index is 12.2. The van der Waals surface area contributed by atoms with Gasteiger partial charge in [0.1, 0.15) is 5.75 Å². The molecule has 1 saturated heterocycles. The first kappa shape index (κ1) is 16.4. The molecule has 1 aromatic rings. The van der Waals surface area contributed by atoms with Crippen LogP contribution in [0.1, 0.15) is 23.2 Å². The number of halogens is 1. The number of nitrogens with one attached hydrogen (secondary N) is 1. The highest BCUT2D eigenvalue weighted by Crippen LogP contribution is 2.20. The Balaban J connectivity index is 1.90. The first-order chi connectivity index (χ1) is 9.95. The molecule has 0 unspecified atom stereocenters. The van der Waals surface area contributed by atoms with Crippen LogP contribution in [0, 0.1) is 3.57 Å². The van der Waals surface area contributed by atoms with Gasteiger partial charge in [-0.2, -0.15) is 0 Å². The zero-order valence-corrected chi connectivity index (χ0v) is 14.5. The smallest absolute Gasteiger partial charge is 0.255 e. The maximum Gasteiger partial charge on any atom is 0.255 e. The minimum atomic E-state index is -0.223. The Morgan fingerprint density at radius 2 is 2.14 bits per heavy atom. The van der Waals surface area contributed by atoms with E-state index in [0.717, 1.165) is 29.5 Å². The number of phenols is 1. The lowest BCUT2D eigenvalue weighted by atomic mass is 10.0. The van der Waals surface area contributed by atoms with Crippen LogP contribution in [-0.2, 0) is 0 Å². The second-order valence-electron chi connectivity index (χ2n) is 5.15. The van der Waals surface area contributed by atoms with Crippen molar-refractivity contribution in [2.45, 2.75) is 18.9 Å². The summed E-state index contributed by atoms with van der Waals surface area (Å²) in [7, 11) is 0. The van der Waals surface area contributed by atoms with Gasteiger partial charge in [0, 0.05) is 29.2 Å². The number of rotatable bonds is 4. The Morgan fingerprint density at radius 1 is 1.48 bits per heavy atom. The summed E-state index contributed by atoms with van der Waals surface area (Å²) >= 11 is 7.02. The summed E-state index contributed by atoms with van der Waals surface area (Å²) in [5, 5.41) is 12.8. The van der Waals surface area contributed by atoms with Gasteiger partial charge >= 0.3 is 0 Å². The van der Waals surface area contributed by atoms with Crippen molar-refractivity contribution < 1.29 is 9.90 Å². The zero-order valence-electron chi connectivity index (χ0n) is 11.5. The molecule has 0 aliphatic carbocycles. The van der Waals surface area contributed by atoms with Crippen LogP contribution >= 0.6 is 34.8 Å². The summed E-state index contributed by atoms with van der Waals surface area (Å²) < 4.78 is 0.918. The summed E-state index contributed by atoms with van der Waals surface area (Å²) in [5.74, 6) is -0.211. The Morgan fingerprint density at radius 3 is 2.76 bits per heavy atom. The fourth-order valence-corrected chi connectivity index (χ4v) is 3.08. The summed E-state index contributed by atoms with van der Waals surface area (Å²) in [6.07, 6.45) is 1.72. The molecule has 1 fully saturated rings. The molecule has 0 atom stereocenters. The third-order valence-electron chi connectivity index (χ3n) is 3.51. The van der Waals surface area contributed by atoms with Gasteiger partial charge in [0.2, 0.25) is 0 Å².